The maximum Gasteiger partial charge on any atom is 0.265 e. The van der Waals surface area contributed by atoms with Crippen LogP contribution in [0.1, 0.15) is 0 Å². The summed E-state index contributed by atoms with van der Waals surface area (Å²) in [4.78, 5) is 12.9. The lowest BCUT2D eigenvalue weighted by molar-refractivity contribution is -0.826. The first-order valence-electron chi connectivity index (χ1n) is 6.18. The van der Waals surface area contributed by atoms with Crippen molar-refractivity contribution in [3.8, 4) is 0 Å². The monoisotopic (exact) mass is 406 g/mol. The number of quaternary nitrogens is 1. The van der Waals surface area contributed by atoms with Crippen LogP contribution in [0, 0.1) is 0 Å². The van der Waals surface area contributed by atoms with E-state index in [1.54, 1.807) is 0 Å². The standard InChI is InChI=1S/C10H20Cl5N2O2P/c11-1-6-16(7-2-12)20(18,19)17(8-3-13,9-4-14)10-5-15/h1-10H2. The molecule has 0 aromatic heterocycles. The van der Waals surface area contributed by atoms with Crippen molar-refractivity contribution in [3.05, 3.63) is 0 Å². The molecule has 0 rings (SSSR count). The van der Waals surface area contributed by atoms with Crippen molar-refractivity contribution in [3.63, 3.8) is 0 Å². The van der Waals surface area contributed by atoms with Crippen LogP contribution < -0.4 is 4.89 Å². The SMILES string of the molecule is O=P([O-])(N(CCCl)CCCl)[N+](CCCl)(CCCl)CCCl. The maximum absolute atomic E-state index is 12.9. The second-order valence-corrected chi connectivity index (χ2v) is 8.44. The molecule has 0 aromatic rings. The van der Waals surface area contributed by atoms with Gasteiger partial charge in [-0.3, -0.25) is 8.82 Å². The van der Waals surface area contributed by atoms with Crippen LogP contribution in [-0.2, 0) is 4.57 Å². The Morgan fingerprint density at radius 3 is 1.40 bits per heavy atom. The third kappa shape index (κ3) is 5.64. The van der Waals surface area contributed by atoms with Crippen molar-refractivity contribution in [2.45, 2.75) is 0 Å². The lowest BCUT2D eigenvalue weighted by Crippen LogP contribution is -2.56. The molecule has 0 aliphatic carbocycles. The Morgan fingerprint density at radius 2 is 1.15 bits per heavy atom. The molecule has 0 saturated carbocycles. The van der Waals surface area contributed by atoms with Gasteiger partial charge in [0.05, 0.1) is 37.3 Å². The van der Waals surface area contributed by atoms with E-state index in [0.29, 0.717) is 0 Å². The molecule has 0 fully saturated rings. The Balaban J connectivity index is 5.49. The molecule has 10 heteroatoms. The van der Waals surface area contributed by atoms with Crippen molar-refractivity contribution in [2.24, 2.45) is 0 Å². The van der Waals surface area contributed by atoms with Crippen LogP contribution in [0.15, 0.2) is 0 Å². The molecular weight excluding hydrogens is 388 g/mol. The molecule has 1 atom stereocenters. The minimum absolute atomic E-state index is 0.200. The second kappa shape index (κ2) is 11.2. The van der Waals surface area contributed by atoms with E-state index in [1.165, 1.54) is 4.67 Å². The number of halogens is 5. The molecule has 0 aromatic carbocycles. The summed E-state index contributed by atoms with van der Waals surface area (Å²) in [6.45, 7) is 1.18. The first-order chi connectivity index (χ1) is 9.45. The highest BCUT2D eigenvalue weighted by Gasteiger charge is 2.41. The van der Waals surface area contributed by atoms with E-state index in [1.807, 2.05) is 0 Å². The summed E-state index contributed by atoms with van der Waals surface area (Å²) in [5.41, 5.74) is 0. The van der Waals surface area contributed by atoms with Crippen molar-refractivity contribution >= 4 is 65.7 Å². The Hall–Kier alpha value is 1.56. The van der Waals surface area contributed by atoms with Gasteiger partial charge in [-0.2, -0.15) is 0 Å². The predicted molar refractivity (Wildman–Crippen MR) is 87.6 cm³/mol. The van der Waals surface area contributed by atoms with E-state index in [9.17, 15) is 9.46 Å². The zero-order chi connectivity index (χ0) is 15.6. The fraction of sp³-hybridized carbons (Fsp3) is 1.00. The molecule has 4 nitrogen and oxygen atoms in total. The van der Waals surface area contributed by atoms with E-state index in [4.69, 9.17) is 58.0 Å². The number of hydrogen-bond acceptors (Lipinski definition) is 2. The van der Waals surface area contributed by atoms with E-state index in [2.05, 4.69) is 0 Å². The van der Waals surface area contributed by atoms with Gasteiger partial charge in [0.1, 0.15) is 0 Å². The van der Waals surface area contributed by atoms with Gasteiger partial charge in [-0.1, -0.05) is 0 Å². The zero-order valence-corrected chi connectivity index (χ0v) is 15.8. The van der Waals surface area contributed by atoms with Crippen LogP contribution in [0.2, 0.25) is 0 Å². The Morgan fingerprint density at radius 1 is 0.800 bits per heavy atom. The fourth-order valence-corrected chi connectivity index (χ4v) is 6.28. The van der Waals surface area contributed by atoms with Gasteiger partial charge >= 0.3 is 0 Å². The van der Waals surface area contributed by atoms with Crippen molar-refractivity contribution < 1.29 is 13.7 Å². The Kier molecular flexibility index (Phi) is 12.0. The highest BCUT2D eigenvalue weighted by atomic mass is 35.5. The average molecular weight is 409 g/mol. The summed E-state index contributed by atoms with van der Waals surface area (Å²) in [6, 6.07) is 0. The van der Waals surface area contributed by atoms with Crippen LogP contribution in [0.4, 0.5) is 0 Å². The number of hydrogen-bond donors (Lipinski definition) is 0. The highest BCUT2D eigenvalue weighted by molar-refractivity contribution is 7.47. The molecule has 0 aliphatic rings. The van der Waals surface area contributed by atoms with Crippen LogP contribution in [0.5, 0.6) is 0 Å². The third-order valence-corrected chi connectivity index (χ3v) is 6.71. The van der Waals surface area contributed by atoms with E-state index in [-0.39, 0.29) is 66.4 Å². The smallest absolute Gasteiger partial charge is 0.265 e. The molecule has 20 heavy (non-hydrogen) atoms. The maximum atomic E-state index is 12.9. The molecule has 0 radical (unpaired) electrons. The van der Waals surface area contributed by atoms with Gasteiger partial charge in [0, 0.05) is 24.8 Å². The lowest BCUT2D eigenvalue weighted by atomic mass is 10.5. The molecule has 0 aliphatic heterocycles. The summed E-state index contributed by atoms with van der Waals surface area (Å²) in [6.07, 6.45) is 0. The van der Waals surface area contributed by atoms with Crippen LogP contribution in [0.25, 0.3) is 0 Å². The lowest BCUT2D eigenvalue weighted by Gasteiger charge is -2.50. The highest BCUT2D eigenvalue weighted by Crippen LogP contribution is 2.51. The molecule has 1 unspecified atom stereocenters. The zero-order valence-electron chi connectivity index (χ0n) is 11.1. The van der Waals surface area contributed by atoms with Crippen LogP contribution in [0.3, 0.4) is 0 Å². The molecule has 0 bridgehead atoms. The first-order valence-corrected chi connectivity index (χ1v) is 10.4. The molecular formula is C10H20Cl5N2O2P. The molecule has 0 amide bonds. The number of rotatable bonds is 12. The fourth-order valence-electron chi connectivity index (χ4n) is 2.01. The topological polar surface area (TPSA) is 43.4 Å². The van der Waals surface area contributed by atoms with Crippen molar-refractivity contribution in [2.75, 3.05) is 62.1 Å². The van der Waals surface area contributed by atoms with Gasteiger partial charge in [-0.15, -0.1) is 58.0 Å². The quantitative estimate of drug-likeness (QED) is 0.368. The van der Waals surface area contributed by atoms with Gasteiger partial charge in [0.25, 0.3) is 7.67 Å². The minimum Gasteiger partial charge on any atom is -0.741 e. The largest absolute Gasteiger partial charge is 0.741 e. The molecule has 0 heterocycles. The van der Waals surface area contributed by atoms with Gasteiger partial charge in [0.2, 0.25) is 0 Å². The first kappa shape index (κ1) is 21.6. The number of alkyl halides is 5. The Bertz CT molecular complexity index is 288. The van der Waals surface area contributed by atoms with Gasteiger partial charge in [0.15, 0.2) is 0 Å². The average Bonchev–Trinajstić information content (AvgIpc) is 2.39. The van der Waals surface area contributed by atoms with Crippen LogP contribution in [-0.4, -0.2) is 71.0 Å². The predicted octanol–water partition coefficient (Wildman–Crippen LogP) is 2.77. The van der Waals surface area contributed by atoms with Gasteiger partial charge < -0.3 is 4.89 Å². The van der Waals surface area contributed by atoms with Gasteiger partial charge in [-0.25, -0.2) is 4.67 Å². The third-order valence-electron chi connectivity index (χ3n) is 3.08. The molecule has 0 N–H and O–H groups in total. The normalized spacial score (nSPS) is 15.6. The van der Waals surface area contributed by atoms with E-state index in [0.717, 1.165) is 0 Å². The molecule has 0 saturated heterocycles. The molecule has 122 valence electrons. The summed E-state index contributed by atoms with van der Waals surface area (Å²) in [5, 5.41) is 0. The summed E-state index contributed by atoms with van der Waals surface area (Å²) in [7, 11) is -4.03. The van der Waals surface area contributed by atoms with Crippen molar-refractivity contribution in [1.82, 2.24) is 4.67 Å². The van der Waals surface area contributed by atoms with Crippen LogP contribution >= 0.6 is 65.7 Å². The second-order valence-electron chi connectivity index (χ2n) is 4.16. The summed E-state index contributed by atoms with van der Waals surface area (Å²) >= 11 is 28.7. The summed E-state index contributed by atoms with van der Waals surface area (Å²) < 4.78 is 14.0. The summed E-state index contributed by atoms with van der Waals surface area (Å²) in [5.74, 6) is 1.01. The number of nitrogens with zero attached hydrogens (tertiary/aromatic N) is 2. The van der Waals surface area contributed by atoms with Crippen molar-refractivity contribution in [1.29, 1.82) is 0 Å². The van der Waals surface area contributed by atoms with E-state index >= 15 is 0 Å². The Labute approximate surface area is 146 Å². The van der Waals surface area contributed by atoms with E-state index < -0.39 is 7.67 Å². The van der Waals surface area contributed by atoms with Gasteiger partial charge in [-0.05, 0) is 0 Å². The minimum atomic E-state index is -4.03. The molecule has 0 spiro atoms.